The smallest absolute Gasteiger partial charge is 0.163 e. The molecule has 0 bridgehead atoms. The summed E-state index contributed by atoms with van der Waals surface area (Å²) in [4.78, 5) is 4.11. The number of methoxy groups -OCH3 is 1. The molecule has 0 aliphatic rings. The minimum Gasteiger partial charge on any atom is -0.493 e. The van der Waals surface area contributed by atoms with Crippen molar-refractivity contribution in [1.82, 2.24) is 4.98 Å². The molecule has 0 amide bonds. The van der Waals surface area contributed by atoms with Gasteiger partial charge in [-0.2, -0.15) is 5.26 Å². The fraction of sp³-hybridized carbons (Fsp3) is 0.250. The summed E-state index contributed by atoms with van der Waals surface area (Å²) in [7, 11) is 1.57. The monoisotopic (exact) mass is 268 g/mol. The predicted molar refractivity (Wildman–Crippen MR) is 75.6 cm³/mol. The number of hydrogen-bond acceptors (Lipinski definition) is 4. The maximum absolute atomic E-state index is 8.98. The highest BCUT2D eigenvalue weighted by molar-refractivity contribution is 5.47. The van der Waals surface area contributed by atoms with E-state index in [0.717, 1.165) is 5.56 Å². The molecular weight excluding hydrogens is 252 g/mol. The van der Waals surface area contributed by atoms with E-state index < -0.39 is 5.60 Å². The molecule has 4 nitrogen and oxygen atoms in total. The van der Waals surface area contributed by atoms with E-state index in [2.05, 4.69) is 11.1 Å². The first-order valence-corrected chi connectivity index (χ1v) is 6.24. The van der Waals surface area contributed by atoms with Gasteiger partial charge in [-0.1, -0.05) is 6.07 Å². The van der Waals surface area contributed by atoms with E-state index in [1.165, 1.54) is 0 Å². The summed E-state index contributed by atoms with van der Waals surface area (Å²) in [6.07, 6.45) is 3.48. The van der Waals surface area contributed by atoms with Crippen molar-refractivity contribution in [3.05, 3.63) is 53.9 Å². The van der Waals surface area contributed by atoms with E-state index in [-0.39, 0.29) is 0 Å². The third-order valence-corrected chi connectivity index (χ3v) is 3.01. The van der Waals surface area contributed by atoms with Crippen molar-refractivity contribution >= 4 is 0 Å². The Kier molecular flexibility index (Phi) is 3.90. The Morgan fingerprint density at radius 2 is 2.00 bits per heavy atom. The number of nitrogens with zero attached hydrogens (tertiary/aromatic N) is 2. The average molecular weight is 268 g/mol. The van der Waals surface area contributed by atoms with Crippen LogP contribution in [0.2, 0.25) is 0 Å². The molecule has 20 heavy (non-hydrogen) atoms. The van der Waals surface area contributed by atoms with Crippen molar-refractivity contribution < 1.29 is 9.47 Å². The molecule has 2 rings (SSSR count). The van der Waals surface area contributed by atoms with Gasteiger partial charge in [-0.3, -0.25) is 4.98 Å². The lowest BCUT2D eigenvalue weighted by atomic mass is 10.00. The molecule has 0 atom stereocenters. The Morgan fingerprint density at radius 3 is 2.60 bits per heavy atom. The lowest BCUT2D eigenvalue weighted by molar-refractivity contribution is 0.104. The van der Waals surface area contributed by atoms with Crippen LogP contribution >= 0.6 is 0 Å². The maximum atomic E-state index is 8.98. The van der Waals surface area contributed by atoms with Crippen LogP contribution in [0, 0.1) is 11.3 Å². The number of benzene rings is 1. The second-order valence-electron chi connectivity index (χ2n) is 4.83. The van der Waals surface area contributed by atoms with Crippen LogP contribution in [0.15, 0.2) is 42.7 Å². The van der Waals surface area contributed by atoms with Crippen LogP contribution < -0.4 is 9.47 Å². The van der Waals surface area contributed by atoms with Gasteiger partial charge in [0.25, 0.3) is 0 Å². The fourth-order valence-corrected chi connectivity index (χ4v) is 1.88. The van der Waals surface area contributed by atoms with Crippen LogP contribution in [0.1, 0.15) is 25.0 Å². The Morgan fingerprint density at radius 1 is 1.20 bits per heavy atom. The Bertz CT molecular complexity index is 631. The number of ether oxygens (including phenoxy) is 2. The fourth-order valence-electron chi connectivity index (χ4n) is 1.88. The summed E-state index contributed by atoms with van der Waals surface area (Å²) >= 11 is 0. The van der Waals surface area contributed by atoms with Crippen LogP contribution in [-0.2, 0) is 5.60 Å². The minimum atomic E-state index is -0.574. The maximum Gasteiger partial charge on any atom is 0.163 e. The molecule has 0 fully saturated rings. The molecule has 0 aliphatic carbocycles. The highest BCUT2D eigenvalue weighted by atomic mass is 16.5. The first-order chi connectivity index (χ1) is 9.56. The van der Waals surface area contributed by atoms with Crippen molar-refractivity contribution in [2.24, 2.45) is 0 Å². The first kappa shape index (κ1) is 13.9. The van der Waals surface area contributed by atoms with Gasteiger partial charge in [0.1, 0.15) is 5.60 Å². The lowest BCUT2D eigenvalue weighted by Crippen LogP contribution is -2.25. The largest absolute Gasteiger partial charge is 0.493 e. The summed E-state index contributed by atoms with van der Waals surface area (Å²) in [5.41, 5.74) is 0.905. The lowest BCUT2D eigenvalue weighted by Gasteiger charge is -2.27. The van der Waals surface area contributed by atoms with Gasteiger partial charge in [0.15, 0.2) is 11.5 Å². The van der Waals surface area contributed by atoms with E-state index in [9.17, 15) is 0 Å². The first-order valence-electron chi connectivity index (χ1n) is 6.24. The number of aromatic nitrogens is 1. The normalized spacial score (nSPS) is 10.7. The van der Waals surface area contributed by atoms with E-state index in [0.29, 0.717) is 17.1 Å². The van der Waals surface area contributed by atoms with E-state index in [1.54, 1.807) is 37.7 Å². The molecule has 0 saturated carbocycles. The summed E-state index contributed by atoms with van der Waals surface area (Å²) in [6, 6.07) is 11.0. The number of nitriles is 1. The molecule has 102 valence electrons. The molecule has 0 aliphatic heterocycles. The number of hydrogen-bond donors (Lipinski definition) is 0. The highest BCUT2D eigenvalue weighted by Gasteiger charge is 2.24. The van der Waals surface area contributed by atoms with Gasteiger partial charge >= 0.3 is 0 Å². The molecule has 1 aromatic carbocycles. The molecular formula is C16H16N2O2. The summed E-state index contributed by atoms with van der Waals surface area (Å²) in [5.74, 6) is 1.14. The van der Waals surface area contributed by atoms with Gasteiger partial charge < -0.3 is 9.47 Å². The average Bonchev–Trinajstić information content (AvgIpc) is 2.47. The molecule has 4 heteroatoms. The minimum absolute atomic E-state index is 0.530. The summed E-state index contributed by atoms with van der Waals surface area (Å²) in [5, 5.41) is 8.98. The van der Waals surface area contributed by atoms with Crippen molar-refractivity contribution in [2.75, 3.05) is 7.11 Å². The summed E-state index contributed by atoms with van der Waals surface area (Å²) < 4.78 is 11.3. The highest BCUT2D eigenvalue weighted by Crippen LogP contribution is 2.34. The zero-order valence-electron chi connectivity index (χ0n) is 11.8. The number of rotatable bonds is 4. The van der Waals surface area contributed by atoms with Gasteiger partial charge in [-0.25, -0.2) is 0 Å². The molecule has 0 unspecified atom stereocenters. The molecule has 1 heterocycles. The van der Waals surface area contributed by atoms with Crippen LogP contribution in [0.5, 0.6) is 11.5 Å². The summed E-state index contributed by atoms with van der Waals surface area (Å²) in [6.45, 7) is 3.89. The molecule has 1 aromatic heterocycles. The van der Waals surface area contributed by atoms with E-state index in [1.807, 2.05) is 26.0 Å². The van der Waals surface area contributed by atoms with Crippen LogP contribution in [-0.4, -0.2) is 12.1 Å². The van der Waals surface area contributed by atoms with E-state index >= 15 is 0 Å². The second kappa shape index (κ2) is 5.62. The van der Waals surface area contributed by atoms with Gasteiger partial charge in [0, 0.05) is 24.0 Å². The second-order valence-corrected chi connectivity index (χ2v) is 4.83. The van der Waals surface area contributed by atoms with Crippen molar-refractivity contribution in [2.45, 2.75) is 19.4 Å². The quantitative estimate of drug-likeness (QED) is 0.854. The topological polar surface area (TPSA) is 55.1 Å². The molecule has 0 N–H and O–H groups in total. The zero-order valence-corrected chi connectivity index (χ0v) is 11.8. The Labute approximate surface area is 118 Å². The van der Waals surface area contributed by atoms with Gasteiger partial charge in [0.05, 0.1) is 18.7 Å². The van der Waals surface area contributed by atoms with Crippen molar-refractivity contribution in [3.63, 3.8) is 0 Å². The molecule has 0 radical (unpaired) electrons. The van der Waals surface area contributed by atoms with Crippen molar-refractivity contribution in [3.8, 4) is 17.6 Å². The standard InChI is InChI=1S/C16H16N2O2/c1-16(2,13-5-4-8-18-11-13)20-15-9-12(10-17)6-7-14(15)19-3/h4-9,11H,1-3H3. The van der Waals surface area contributed by atoms with Crippen molar-refractivity contribution in [1.29, 1.82) is 5.26 Å². The van der Waals surface area contributed by atoms with Gasteiger partial charge in [-0.05, 0) is 32.0 Å². The third kappa shape index (κ3) is 2.89. The van der Waals surface area contributed by atoms with Gasteiger partial charge in [0.2, 0.25) is 0 Å². The Hall–Kier alpha value is -2.54. The third-order valence-electron chi connectivity index (χ3n) is 3.01. The van der Waals surface area contributed by atoms with Crippen LogP contribution in [0.25, 0.3) is 0 Å². The van der Waals surface area contributed by atoms with Crippen LogP contribution in [0.3, 0.4) is 0 Å². The van der Waals surface area contributed by atoms with Crippen LogP contribution in [0.4, 0.5) is 0 Å². The Balaban J connectivity index is 2.36. The molecule has 0 saturated heterocycles. The predicted octanol–water partition coefficient (Wildman–Crippen LogP) is 3.28. The van der Waals surface area contributed by atoms with Gasteiger partial charge in [-0.15, -0.1) is 0 Å². The number of pyridine rings is 1. The zero-order chi connectivity index (χ0) is 14.6. The SMILES string of the molecule is COc1ccc(C#N)cc1OC(C)(C)c1cccnc1. The molecule has 0 spiro atoms. The molecule has 2 aromatic rings. The van der Waals surface area contributed by atoms with E-state index in [4.69, 9.17) is 14.7 Å².